The summed E-state index contributed by atoms with van der Waals surface area (Å²) in [6.07, 6.45) is 3.29. The second kappa shape index (κ2) is 5.32. The summed E-state index contributed by atoms with van der Waals surface area (Å²) in [7, 11) is 3.94. The van der Waals surface area contributed by atoms with Crippen LogP contribution in [0.4, 0.5) is 0 Å². The van der Waals surface area contributed by atoms with Gasteiger partial charge in [-0.25, -0.2) is 0 Å². The maximum Gasteiger partial charge on any atom is 0.164 e. The molecule has 0 bridgehead atoms. The van der Waals surface area contributed by atoms with Gasteiger partial charge in [-0.05, 0) is 51.2 Å². The molecular formula is C14H19NO2. The van der Waals surface area contributed by atoms with E-state index in [1.807, 2.05) is 43.3 Å². The lowest BCUT2D eigenvalue weighted by molar-refractivity contribution is 0.0972. The van der Waals surface area contributed by atoms with Crippen molar-refractivity contribution in [3.63, 3.8) is 0 Å². The Balaban J connectivity index is 1.89. The number of ether oxygens (including phenoxy) is 1. The molecule has 17 heavy (non-hydrogen) atoms. The smallest absolute Gasteiger partial charge is 0.164 e. The number of hydrogen-bond donors (Lipinski definition) is 0. The monoisotopic (exact) mass is 233 g/mol. The van der Waals surface area contributed by atoms with Crippen LogP contribution in [0, 0.1) is 0 Å². The molecule has 0 heterocycles. The van der Waals surface area contributed by atoms with E-state index in [-0.39, 0.29) is 5.78 Å². The molecule has 1 fully saturated rings. The molecule has 0 unspecified atom stereocenters. The van der Waals surface area contributed by atoms with Gasteiger partial charge in [0.2, 0.25) is 0 Å². The topological polar surface area (TPSA) is 29.5 Å². The maximum absolute atomic E-state index is 11.8. The summed E-state index contributed by atoms with van der Waals surface area (Å²) in [5.41, 5.74) is 0.773. The van der Waals surface area contributed by atoms with Crippen LogP contribution < -0.4 is 4.74 Å². The molecular weight excluding hydrogens is 214 g/mol. The molecule has 0 amide bonds. The van der Waals surface area contributed by atoms with Crippen molar-refractivity contribution in [2.45, 2.75) is 25.4 Å². The van der Waals surface area contributed by atoms with Gasteiger partial charge in [-0.2, -0.15) is 0 Å². The van der Waals surface area contributed by atoms with Crippen molar-refractivity contribution >= 4 is 5.78 Å². The Kier molecular flexibility index (Phi) is 3.79. The molecule has 3 heteroatoms. The molecule has 0 aromatic heterocycles. The summed E-state index contributed by atoms with van der Waals surface area (Å²) in [5, 5.41) is 0. The van der Waals surface area contributed by atoms with Crippen molar-refractivity contribution in [3.05, 3.63) is 29.8 Å². The summed E-state index contributed by atoms with van der Waals surface area (Å²) in [6, 6.07) is 7.49. The quantitative estimate of drug-likeness (QED) is 0.706. The molecule has 0 aliphatic heterocycles. The predicted octanol–water partition coefficient (Wildman–Crippen LogP) is 2.36. The minimum atomic E-state index is 0.191. The number of carbonyl (C=O) groups excluding carboxylic acids is 1. The van der Waals surface area contributed by atoms with Crippen LogP contribution in [0.2, 0.25) is 0 Å². The van der Waals surface area contributed by atoms with Crippen molar-refractivity contribution in [3.8, 4) is 5.75 Å². The van der Waals surface area contributed by atoms with Crippen LogP contribution in [-0.2, 0) is 0 Å². The van der Waals surface area contributed by atoms with Crippen molar-refractivity contribution in [1.29, 1.82) is 0 Å². The van der Waals surface area contributed by atoms with Crippen LogP contribution in [0.15, 0.2) is 24.3 Å². The van der Waals surface area contributed by atoms with Gasteiger partial charge in [-0.3, -0.25) is 4.79 Å². The molecule has 0 saturated heterocycles. The van der Waals surface area contributed by atoms with Crippen LogP contribution in [-0.4, -0.2) is 37.4 Å². The van der Waals surface area contributed by atoms with Crippen LogP contribution in [0.25, 0.3) is 0 Å². The number of nitrogens with zero attached hydrogens (tertiary/aromatic N) is 1. The van der Waals surface area contributed by atoms with Gasteiger partial charge in [0.25, 0.3) is 0 Å². The second-order valence-electron chi connectivity index (χ2n) is 4.82. The molecule has 92 valence electrons. The summed E-state index contributed by atoms with van der Waals surface area (Å²) in [6.45, 7) is 0.791. The third-order valence-corrected chi connectivity index (χ3v) is 2.79. The highest BCUT2D eigenvalue weighted by molar-refractivity contribution is 5.96. The number of benzene rings is 1. The molecule has 0 radical (unpaired) electrons. The van der Waals surface area contributed by atoms with Crippen LogP contribution >= 0.6 is 0 Å². The molecule has 1 saturated carbocycles. The zero-order valence-corrected chi connectivity index (χ0v) is 10.5. The minimum absolute atomic E-state index is 0.191. The van der Waals surface area contributed by atoms with E-state index in [2.05, 4.69) is 0 Å². The van der Waals surface area contributed by atoms with Gasteiger partial charge in [0.15, 0.2) is 5.78 Å². The average Bonchev–Trinajstić information content (AvgIpc) is 3.11. The Labute approximate surface area is 102 Å². The SMILES string of the molecule is CN(C)CCC(=O)c1ccc(OC2CC2)cc1. The lowest BCUT2D eigenvalue weighted by Crippen LogP contribution is -2.16. The Morgan fingerprint density at radius 3 is 2.47 bits per heavy atom. The van der Waals surface area contributed by atoms with Crippen molar-refractivity contribution in [2.24, 2.45) is 0 Å². The first-order chi connectivity index (χ1) is 8.15. The first kappa shape index (κ1) is 12.1. The molecule has 1 aliphatic rings. The number of ketones is 1. The van der Waals surface area contributed by atoms with Crippen LogP contribution in [0.1, 0.15) is 29.6 Å². The maximum atomic E-state index is 11.8. The molecule has 0 spiro atoms. The van der Waals surface area contributed by atoms with E-state index in [1.165, 1.54) is 0 Å². The van der Waals surface area contributed by atoms with Crippen LogP contribution in [0.5, 0.6) is 5.75 Å². The van der Waals surface area contributed by atoms with E-state index in [4.69, 9.17) is 4.74 Å². The largest absolute Gasteiger partial charge is 0.490 e. The van der Waals surface area contributed by atoms with Gasteiger partial charge in [-0.1, -0.05) is 0 Å². The van der Waals surface area contributed by atoms with Crippen molar-refractivity contribution < 1.29 is 9.53 Å². The Hall–Kier alpha value is -1.35. The first-order valence-electron chi connectivity index (χ1n) is 6.10. The fourth-order valence-electron chi connectivity index (χ4n) is 1.57. The van der Waals surface area contributed by atoms with Gasteiger partial charge in [0, 0.05) is 18.5 Å². The highest BCUT2D eigenvalue weighted by atomic mass is 16.5. The lowest BCUT2D eigenvalue weighted by atomic mass is 10.1. The predicted molar refractivity (Wildman–Crippen MR) is 67.6 cm³/mol. The zero-order valence-electron chi connectivity index (χ0n) is 10.5. The number of Topliss-reactive ketones (excluding diaryl/α,β-unsaturated/α-hetero) is 1. The van der Waals surface area contributed by atoms with Gasteiger partial charge in [0.05, 0.1) is 6.10 Å². The molecule has 3 nitrogen and oxygen atoms in total. The zero-order chi connectivity index (χ0) is 12.3. The Bertz CT molecular complexity index is 380. The molecule has 1 aromatic carbocycles. The van der Waals surface area contributed by atoms with Crippen molar-refractivity contribution in [1.82, 2.24) is 4.90 Å². The van der Waals surface area contributed by atoms with Gasteiger partial charge < -0.3 is 9.64 Å². The van der Waals surface area contributed by atoms with E-state index in [0.29, 0.717) is 12.5 Å². The van der Waals surface area contributed by atoms with Crippen LogP contribution in [0.3, 0.4) is 0 Å². The number of rotatable bonds is 6. The number of hydrogen-bond acceptors (Lipinski definition) is 3. The van der Waals surface area contributed by atoms with E-state index in [1.54, 1.807) is 0 Å². The molecule has 1 aromatic rings. The van der Waals surface area contributed by atoms with E-state index >= 15 is 0 Å². The third-order valence-electron chi connectivity index (χ3n) is 2.79. The fourth-order valence-corrected chi connectivity index (χ4v) is 1.57. The highest BCUT2D eigenvalue weighted by Crippen LogP contribution is 2.26. The lowest BCUT2D eigenvalue weighted by Gasteiger charge is -2.09. The van der Waals surface area contributed by atoms with Gasteiger partial charge >= 0.3 is 0 Å². The normalized spacial score (nSPS) is 15.0. The summed E-state index contributed by atoms with van der Waals surface area (Å²) in [4.78, 5) is 13.8. The van der Waals surface area contributed by atoms with Gasteiger partial charge in [0.1, 0.15) is 5.75 Å². The van der Waals surface area contributed by atoms with E-state index < -0.39 is 0 Å². The van der Waals surface area contributed by atoms with Gasteiger partial charge in [-0.15, -0.1) is 0 Å². The first-order valence-corrected chi connectivity index (χ1v) is 6.10. The Morgan fingerprint density at radius 1 is 1.29 bits per heavy atom. The molecule has 0 N–H and O–H groups in total. The number of carbonyl (C=O) groups is 1. The minimum Gasteiger partial charge on any atom is -0.490 e. The molecule has 2 rings (SSSR count). The second-order valence-corrected chi connectivity index (χ2v) is 4.82. The van der Waals surface area contributed by atoms with E-state index in [9.17, 15) is 4.79 Å². The fraction of sp³-hybridized carbons (Fsp3) is 0.500. The third kappa shape index (κ3) is 3.86. The molecule has 0 atom stereocenters. The van der Waals surface area contributed by atoms with E-state index in [0.717, 1.165) is 30.7 Å². The summed E-state index contributed by atoms with van der Waals surface area (Å²) in [5.74, 6) is 1.06. The molecule has 1 aliphatic carbocycles. The standard InChI is InChI=1S/C14H19NO2/c1-15(2)10-9-14(16)11-3-5-12(6-4-11)17-13-7-8-13/h3-6,13H,7-10H2,1-2H3. The average molecular weight is 233 g/mol. The highest BCUT2D eigenvalue weighted by Gasteiger charge is 2.23. The summed E-state index contributed by atoms with van der Waals surface area (Å²) >= 11 is 0. The Morgan fingerprint density at radius 2 is 1.94 bits per heavy atom. The van der Waals surface area contributed by atoms with Crippen molar-refractivity contribution in [2.75, 3.05) is 20.6 Å². The summed E-state index contributed by atoms with van der Waals surface area (Å²) < 4.78 is 5.64.